The largest absolute Gasteiger partial charge is 0.229 e. The van der Waals surface area contributed by atoms with Crippen molar-refractivity contribution in [2.45, 2.75) is 32.6 Å². The van der Waals surface area contributed by atoms with Gasteiger partial charge >= 0.3 is 0 Å². The Balaban J connectivity index is 1.92. The van der Waals surface area contributed by atoms with Crippen molar-refractivity contribution in [1.29, 1.82) is 0 Å². The maximum absolute atomic E-state index is 11.5. The van der Waals surface area contributed by atoms with Gasteiger partial charge in [0.05, 0.1) is 5.75 Å². The lowest BCUT2D eigenvalue weighted by atomic mass is 9.82. The third-order valence-electron chi connectivity index (χ3n) is 4.13. The van der Waals surface area contributed by atoms with E-state index in [0.717, 1.165) is 18.3 Å². The molecule has 4 heteroatoms. The van der Waals surface area contributed by atoms with E-state index in [9.17, 15) is 8.42 Å². The van der Waals surface area contributed by atoms with Crippen LogP contribution in [0.3, 0.4) is 0 Å². The molecule has 15 heavy (non-hydrogen) atoms. The van der Waals surface area contributed by atoms with Crippen LogP contribution in [0.15, 0.2) is 0 Å². The lowest BCUT2D eigenvalue weighted by Crippen LogP contribution is -2.25. The summed E-state index contributed by atoms with van der Waals surface area (Å²) in [5.41, 5.74) is 0.150. The Bertz CT molecular complexity index is 326. The molecule has 2 aliphatic rings. The van der Waals surface area contributed by atoms with Crippen molar-refractivity contribution in [3.8, 4) is 0 Å². The topological polar surface area (TPSA) is 34.1 Å². The molecule has 2 fully saturated rings. The Morgan fingerprint density at radius 1 is 1.33 bits per heavy atom. The van der Waals surface area contributed by atoms with Crippen molar-refractivity contribution in [2.75, 3.05) is 17.4 Å². The number of halogens is 1. The Hall–Kier alpha value is 0.240. The summed E-state index contributed by atoms with van der Waals surface area (Å²) in [5, 5.41) is 0. The molecule has 2 nitrogen and oxygen atoms in total. The molecule has 0 aliphatic heterocycles. The fourth-order valence-corrected chi connectivity index (χ4v) is 4.29. The second-order valence-corrected chi connectivity index (χ2v) is 8.02. The Labute approximate surface area is 97.3 Å². The predicted octanol–water partition coefficient (Wildman–Crippen LogP) is 2.47. The third-order valence-corrected chi connectivity index (χ3v) is 6.40. The Kier molecular flexibility index (Phi) is 3.06. The lowest BCUT2D eigenvalue weighted by Gasteiger charge is -2.28. The summed E-state index contributed by atoms with van der Waals surface area (Å²) in [5.74, 6) is 2.97. The Morgan fingerprint density at radius 2 is 1.93 bits per heavy atom. The molecule has 0 bridgehead atoms. The summed E-state index contributed by atoms with van der Waals surface area (Å²) in [6.45, 7) is 1.72. The Morgan fingerprint density at radius 3 is 2.40 bits per heavy atom. The van der Waals surface area contributed by atoms with E-state index >= 15 is 0 Å². The van der Waals surface area contributed by atoms with Gasteiger partial charge in [-0.3, -0.25) is 0 Å². The van der Waals surface area contributed by atoms with Crippen LogP contribution in [-0.2, 0) is 9.84 Å². The number of alkyl halides is 1. The standard InChI is InChI=1S/C11H19ClO2S/c1-2-15(13,14)4-3-11(8-12)6-9-5-10(9)7-11/h9-10H,2-8H2,1H3. The molecular weight excluding hydrogens is 232 g/mol. The smallest absolute Gasteiger partial charge is 0.150 e. The van der Waals surface area contributed by atoms with Crippen molar-refractivity contribution in [3.63, 3.8) is 0 Å². The van der Waals surface area contributed by atoms with Gasteiger partial charge in [-0.1, -0.05) is 6.92 Å². The molecule has 2 unspecified atom stereocenters. The van der Waals surface area contributed by atoms with Crippen molar-refractivity contribution >= 4 is 21.4 Å². The molecule has 0 radical (unpaired) electrons. The lowest BCUT2D eigenvalue weighted by molar-refractivity contribution is 0.294. The van der Waals surface area contributed by atoms with E-state index in [1.54, 1.807) is 6.92 Å². The number of hydrogen-bond acceptors (Lipinski definition) is 2. The van der Waals surface area contributed by atoms with E-state index in [4.69, 9.17) is 11.6 Å². The van der Waals surface area contributed by atoms with Crippen molar-refractivity contribution in [2.24, 2.45) is 17.3 Å². The number of sulfone groups is 1. The number of fused-ring (bicyclic) bond motifs is 1. The highest BCUT2D eigenvalue weighted by molar-refractivity contribution is 7.91. The molecule has 0 heterocycles. The summed E-state index contributed by atoms with van der Waals surface area (Å²) >= 11 is 6.03. The van der Waals surface area contributed by atoms with Gasteiger partial charge in [0.25, 0.3) is 0 Å². The van der Waals surface area contributed by atoms with Crippen LogP contribution in [0.4, 0.5) is 0 Å². The molecule has 2 atom stereocenters. The fourth-order valence-electron chi connectivity index (χ4n) is 2.90. The van der Waals surface area contributed by atoms with Gasteiger partial charge in [0.2, 0.25) is 0 Å². The minimum atomic E-state index is -2.82. The van der Waals surface area contributed by atoms with E-state index in [1.165, 1.54) is 19.3 Å². The quantitative estimate of drug-likeness (QED) is 0.703. The maximum atomic E-state index is 11.5. The van der Waals surface area contributed by atoms with Crippen LogP contribution in [0.5, 0.6) is 0 Å². The molecule has 0 N–H and O–H groups in total. The van der Waals surface area contributed by atoms with E-state index in [1.807, 2.05) is 0 Å². The van der Waals surface area contributed by atoms with Gasteiger partial charge in [-0.05, 0) is 42.9 Å². The first kappa shape index (κ1) is 11.7. The first-order valence-electron chi connectivity index (χ1n) is 5.77. The predicted molar refractivity (Wildman–Crippen MR) is 62.9 cm³/mol. The summed E-state index contributed by atoms with van der Waals surface area (Å²) in [4.78, 5) is 0. The number of rotatable bonds is 5. The van der Waals surface area contributed by atoms with Crippen LogP contribution in [0.1, 0.15) is 32.6 Å². The maximum Gasteiger partial charge on any atom is 0.150 e. The molecular formula is C11H19ClO2S. The normalized spacial score (nSPS) is 39.1. The van der Waals surface area contributed by atoms with Gasteiger partial charge in [0.1, 0.15) is 9.84 Å². The molecule has 0 amide bonds. The molecule has 0 saturated heterocycles. The molecule has 0 aromatic heterocycles. The highest BCUT2D eigenvalue weighted by Gasteiger charge is 2.53. The minimum absolute atomic E-state index is 0.150. The van der Waals surface area contributed by atoms with Gasteiger partial charge in [0, 0.05) is 11.6 Å². The zero-order chi connectivity index (χ0) is 11.1. The summed E-state index contributed by atoms with van der Waals surface area (Å²) < 4.78 is 22.9. The van der Waals surface area contributed by atoms with Crippen molar-refractivity contribution in [1.82, 2.24) is 0 Å². The monoisotopic (exact) mass is 250 g/mol. The first-order chi connectivity index (χ1) is 7.00. The molecule has 0 aromatic rings. The molecule has 88 valence electrons. The van der Waals surface area contributed by atoms with Crippen LogP contribution < -0.4 is 0 Å². The molecule has 2 rings (SSSR count). The SMILES string of the molecule is CCS(=O)(=O)CCC1(CCl)CC2CC2C1. The summed E-state index contributed by atoms with van der Waals surface area (Å²) in [7, 11) is -2.82. The molecule has 2 saturated carbocycles. The van der Waals surface area contributed by atoms with Gasteiger partial charge in [-0.15, -0.1) is 11.6 Å². The van der Waals surface area contributed by atoms with Crippen LogP contribution in [-0.4, -0.2) is 25.8 Å². The highest BCUT2D eigenvalue weighted by atomic mass is 35.5. The zero-order valence-electron chi connectivity index (χ0n) is 9.21. The zero-order valence-corrected chi connectivity index (χ0v) is 10.8. The van der Waals surface area contributed by atoms with Crippen molar-refractivity contribution in [3.05, 3.63) is 0 Å². The van der Waals surface area contributed by atoms with Crippen LogP contribution in [0.2, 0.25) is 0 Å². The van der Waals surface area contributed by atoms with E-state index in [-0.39, 0.29) is 11.2 Å². The average Bonchev–Trinajstić information content (AvgIpc) is 2.84. The van der Waals surface area contributed by atoms with Gasteiger partial charge in [0.15, 0.2) is 0 Å². The second kappa shape index (κ2) is 3.92. The van der Waals surface area contributed by atoms with Gasteiger partial charge in [-0.2, -0.15) is 0 Å². The molecule has 0 aromatic carbocycles. The van der Waals surface area contributed by atoms with Crippen LogP contribution >= 0.6 is 11.6 Å². The van der Waals surface area contributed by atoms with E-state index < -0.39 is 9.84 Å². The van der Waals surface area contributed by atoms with Crippen molar-refractivity contribution < 1.29 is 8.42 Å². The second-order valence-electron chi connectivity index (χ2n) is 5.28. The minimum Gasteiger partial charge on any atom is -0.229 e. The fraction of sp³-hybridized carbons (Fsp3) is 1.00. The van der Waals surface area contributed by atoms with Crippen LogP contribution in [0.25, 0.3) is 0 Å². The van der Waals surface area contributed by atoms with Crippen LogP contribution in [0, 0.1) is 17.3 Å². The molecule has 0 spiro atoms. The van der Waals surface area contributed by atoms with Gasteiger partial charge < -0.3 is 0 Å². The average molecular weight is 251 g/mol. The van der Waals surface area contributed by atoms with Gasteiger partial charge in [-0.25, -0.2) is 8.42 Å². The summed E-state index contributed by atoms with van der Waals surface area (Å²) in [6, 6.07) is 0. The first-order valence-corrected chi connectivity index (χ1v) is 8.12. The summed E-state index contributed by atoms with van der Waals surface area (Å²) in [6.07, 6.45) is 4.47. The van der Waals surface area contributed by atoms with E-state index in [2.05, 4.69) is 0 Å². The molecule has 2 aliphatic carbocycles. The third kappa shape index (κ3) is 2.50. The number of hydrogen-bond donors (Lipinski definition) is 0. The highest BCUT2D eigenvalue weighted by Crippen LogP contribution is 2.61. The van der Waals surface area contributed by atoms with E-state index in [0.29, 0.717) is 11.6 Å².